The zero-order valence-corrected chi connectivity index (χ0v) is 10.7. The van der Waals surface area contributed by atoms with E-state index in [9.17, 15) is 0 Å². The van der Waals surface area contributed by atoms with Crippen molar-refractivity contribution in [1.82, 2.24) is 0 Å². The summed E-state index contributed by atoms with van der Waals surface area (Å²) in [6, 6.07) is 0. The lowest BCUT2D eigenvalue weighted by atomic mass is 9.84. The van der Waals surface area contributed by atoms with Crippen molar-refractivity contribution < 1.29 is 9.47 Å². The first-order valence-electron chi connectivity index (χ1n) is 5.87. The first-order chi connectivity index (χ1) is 7.16. The van der Waals surface area contributed by atoms with Crippen molar-refractivity contribution >= 4 is 11.6 Å². The third-order valence-electron chi connectivity index (χ3n) is 3.28. The van der Waals surface area contributed by atoms with Gasteiger partial charge in [-0.15, -0.1) is 11.6 Å². The van der Waals surface area contributed by atoms with Gasteiger partial charge in [0.25, 0.3) is 0 Å². The van der Waals surface area contributed by atoms with E-state index in [1.165, 1.54) is 25.7 Å². The van der Waals surface area contributed by atoms with Gasteiger partial charge >= 0.3 is 0 Å². The number of alkyl halides is 1. The van der Waals surface area contributed by atoms with Crippen LogP contribution >= 0.6 is 11.6 Å². The number of ether oxygens (including phenoxy) is 2. The molecule has 1 fully saturated rings. The molecule has 0 saturated heterocycles. The predicted octanol–water partition coefficient (Wildman–Crippen LogP) is 3.23. The van der Waals surface area contributed by atoms with Crippen LogP contribution in [0.4, 0.5) is 0 Å². The number of halogens is 1. The molecule has 0 bridgehead atoms. The molecule has 15 heavy (non-hydrogen) atoms. The van der Waals surface area contributed by atoms with Crippen molar-refractivity contribution in [3.8, 4) is 0 Å². The highest BCUT2D eigenvalue weighted by Gasteiger charge is 2.33. The molecule has 1 aliphatic carbocycles. The van der Waals surface area contributed by atoms with Gasteiger partial charge in [0.2, 0.25) is 0 Å². The summed E-state index contributed by atoms with van der Waals surface area (Å²) in [5.74, 6) is 0. The van der Waals surface area contributed by atoms with Gasteiger partial charge in [0, 0.05) is 19.1 Å². The minimum Gasteiger partial charge on any atom is -0.382 e. The van der Waals surface area contributed by atoms with Gasteiger partial charge in [-0.3, -0.25) is 0 Å². The van der Waals surface area contributed by atoms with Crippen LogP contribution in [-0.4, -0.2) is 32.3 Å². The highest BCUT2D eigenvalue weighted by molar-refractivity contribution is 6.20. The van der Waals surface area contributed by atoms with E-state index in [1.54, 1.807) is 7.11 Å². The van der Waals surface area contributed by atoms with E-state index < -0.39 is 0 Å². The average Bonchev–Trinajstić information content (AvgIpc) is 2.53. The van der Waals surface area contributed by atoms with E-state index in [1.807, 2.05) is 0 Å². The van der Waals surface area contributed by atoms with Gasteiger partial charge in [0.05, 0.1) is 13.2 Å². The number of hydrogen-bond acceptors (Lipinski definition) is 2. The summed E-state index contributed by atoms with van der Waals surface area (Å²) in [6.45, 7) is 4.61. The Morgan fingerprint density at radius 3 is 2.73 bits per heavy atom. The highest BCUT2D eigenvalue weighted by atomic mass is 35.5. The zero-order chi connectivity index (χ0) is 11.1. The molecule has 0 amide bonds. The standard InChI is InChI=1S/C12H23ClO2/c1-12(6-4-11(13)10-12)5-3-7-15-9-8-14-2/h11H,3-10H2,1-2H3. The summed E-state index contributed by atoms with van der Waals surface area (Å²) < 4.78 is 10.4. The summed E-state index contributed by atoms with van der Waals surface area (Å²) in [7, 11) is 1.70. The molecule has 1 rings (SSSR count). The summed E-state index contributed by atoms with van der Waals surface area (Å²) in [4.78, 5) is 0. The Hall–Kier alpha value is 0.210. The van der Waals surface area contributed by atoms with Crippen LogP contribution in [0, 0.1) is 5.41 Å². The Bertz CT molecular complexity index is 175. The smallest absolute Gasteiger partial charge is 0.0700 e. The minimum absolute atomic E-state index is 0.407. The maximum atomic E-state index is 6.13. The van der Waals surface area contributed by atoms with E-state index in [4.69, 9.17) is 21.1 Å². The molecule has 0 aromatic carbocycles. The number of methoxy groups -OCH3 is 1. The number of hydrogen-bond donors (Lipinski definition) is 0. The zero-order valence-electron chi connectivity index (χ0n) is 9.93. The second kappa shape index (κ2) is 6.72. The van der Waals surface area contributed by atoms with Crippen molar-refractivity contribution in [3.63, 3.8) is 0 Å². The van der Waals surface area contributed by atoms with Crippen LogP contribution in [0.3, 0.4) is 0 Å². The molecule has 0 aliphatic heterocycles. The lowest BCUT2D eigenvalue weighted by Crippen LogP contribution is -2.13. The molecular weight excluding hydrogens is 212 g/mol. The van der Waals surface area contributed by atoms with Gasteiger partial charge in [-0.1, -0.05) is 6.92 Å². The van der Waals surface area contributed by atoms with E-state index >= 15 is 0 Å². The first-order valence-corrected chi connectivity index (χ1v) is 6.31. The van der Waals surface area contributed by atoms with Crippen molar-refractivity contribution in [1.29, 1.82) is 0 Å². The Balaban J connectivity index is 2.00. The second-order valence-electron chi connectivity index (χ2n) is 4.86. The minimum atomic E-state index is 0.407. The van der Waals surface area contributed by atoms with Gasteiger partial charge in [0.15, 0.2) is 0 Å². The Kier molecular flexibility index (Phi) is 5.95. The molecule has 3 heteroatoms. The molecular formula is C12H23ClO2. The topological polar surface area (TPSA) is 18.5 Å². The van der Waals surface area contributed by atoms with E-state index in [2.05, 4.69) is 6.92 Å². The van der Waals surface area contributed by atoms with E-state index in [-0.39, 0.29) is 0 Å². The van der Waals surface area contributed by atoms with Crippen molar-refractivity contribution in [2.45, 2.75) is 44.4 Å². The molecule has 2 unspecified atom stereocenters. The van der Waals surface area contributed by atoms with Crippen molar-refractivity contribution in [2.75, 3.05) is 26.9 Å². The van der Waals surface area contributed by atoms with Crippen LogP contribution in [0.25, 0.3) is 0 Å². The van der Waals surface area contributed by atoms with Crippen LogP contribution in [0.5, 0.6) is 0 Å². The van der Waals surface area contributed by atoms with Crippen LogP contribution < -0.4 is 0 Å². The van der Waals surface area contributed by atoms with Crippen LogP contribution in [0.2, 0.25) is 0 Å². The first kappa shape index (κ1) is 13.3. The molecule has 0 radical (unpaired) electrons. The normalized spacial score (nSPS) is 31.0. The van der Waals surface area contributed by atoms with E-state index in [0.29, 0.717) is 24.0 Å². The molecule has 90 valence electrons. The second-order valence-corrected chi connectivity index (χ2v) is 5.48. The fourth-order valence-corrected chi connectivity index (χ4v) is 2.80. The summed E-state index contributed by atoms with van der Waals surface area (Å²) >= 11 is 6.13. The van der Waals surface area contributed by atoms with Gasteiger partial charge in [0.1, 0.15) is 0 Å². The third-order valence-corrected chi connectivity index (χ3v) is 3.65. The van der Waals surface area contributed by atoms with Crippen molar-refractivity contribution in [2.24, 2.45) is 5.41 Å². The monoisotopic (exact) mass is 234 g/mol. The molecule has 2 nitrogen and oxygen atoms in total. The largest absolute Gasteiger partial charge is 0.382 e. The van der Waals surface area contributed by atoms with Crippen LogP contribution in [0.1, 0.15) is 39.0 Å². The molecule has 0 aromatic heterocycles. The predicted molar refractivity (Wildman–Crippen MR) is 63.5 cm³/mol. The number of rotatable bonds is 7. The summed E-state index contributed by atoms with van der Waals surface area (Å²) in [6.07, 6.45) is 6.02. The van der Waals surface area contributed by atoms with Crippen LogP contribution in [-0.2, 0) is 9.47 Å². The lowest BCUT2D eigenvalue weighted by molar-refractivity contribution is 0.0644. The van der Waals surface area contributed by atoms with Gasteiger partial charge in [-0.2, -0.15) is 0 Å². The molecule has 0 heterocycles. The van der Waals surface area contributed by atoms with Crippen molar-refractivity contribution in [3.05, 3.63) is 0 Å². The Morgan fingerprint density at radius 2 is 2.13 bits per heavy atom. The molecule has 0 spiro atoms. The van der Waals surface area contributed by atoms with Gasteiger partial charge in [-0.25, -0.2) is 0 Å². The molecule has 0 aromatic rings. The SMILES string of the molecule is COCCOCCCC1(C)CCC(Cl)C1. The van der Waals surface area contributed by atoms with E-state index in [0.717, 1.165) is 13.0 Å². The summed E-state index contributed by atoms with van der Waals surface area (Å²) in [5.41, 5.74) is 0.469. The molecule has 1 aliphatic rings. The average molecular weight is 235 g/mol. The maximum Gasteiger partial charge on any atom is 0.0700 e. The third kappa shape index (κ3) is 5.19. The quantitative estimate of drug-likeness (QED) is 0.498. The molecule has 2 atom stereocenters. The van der Waals surface area contributed by atoms with Crippen LogP contribution in [0.15, 0.2) is 0 Å². The fraction of sp³-hybridized carbons (Fsp3) is 1.00. The van der Waals surface area contributed by atoms with Gasteiger partial charge < -0.3 is 9.47 Å². The molecule has 1 saturated carbocycles. The van der Waals surface area contributed by atoms with Gasteiger partial charge in [-0.05, 0) is 37.5 Å². The summed E-state index contributed by atoms with van der Waals surface area (Å²) in [5, 5.41) is 0.407. The fourth-order valence-electron chi connectivity index (χ4n) is 2.32. The lowest BCUT2D eigenvalue weighted by Gasteiger charge is -2.23. The highest BCUT2D eigenvalue weighted by Crippen LogP contribution is 2.43. The maximum absolute atomic E-state index is 6.13. The Labute approximate surface area is 98.3 Å². The molecule has 0 N–H and O–H groups in total. The Morgan fingerprint density at radius 1 is 1.33 bits per heavy atom.